The normalized spacial score (nSPS) is 14.8. The fourth-order valence-corrected chi connectivity index (χ4v) is 4.82. The van der Waals surface area contributed by atoms with Gasteiger partial charge in [-0.25, -0.2) is 4.39 Å². The SMILES string of the molecule is COc1ccc(F)c(C(C)(C)CC(O)(Cc2cc3ccccc3s2)C(F)(F)F)c1. The molecule has 1 heterocycles. The summed E-state index contributed by atoms with van der Waals surface area (Å²) >= 11 is 1.22. The van der Waals surface area contributed by atoms with E-state index in [1.807, 2.05) is 24.3 Å². The molecule has 7 heteroatoms. The molecule has 0 aliphatic rings. The Balaban J connectivity index is 1.97. The van der Waals surface area contributed by atoms with Crippen molar-refractivity contribution in [2.45, 2.75) is 43.9 Å². The summed E-state index contributed by atoms with van der Waals surface area (Å²) in [7, 11) is 1.40. The summed E-state index contributed by atoms with van der Waals surface area (Å²) in [5.74, 6) is -0.295. The molecule has 2 nitrogen and oxygen atoms in total. The van der Waals surface area contributed by atoms with Gasteiger partial charge in [0.15, 0.2) is 5.60 Å². The summed E-state index contributed by atoms with van der Waals surface area (Å²) in [6.07, 6.45) is -6.16. The number of methoxy groups -OCH3 is 1. The molecule has 29 heavy (non-hydrogen) atoms. The Bertz CT molecular complexity index is 976. The lowest BCUT2D eigenvalue weighted by molar-refractivity contribution is -0.266. The highest BCUT2D eigenvalue weighted by Crippen LogP contribution is 2.45. The van der Waals surface area contributed by atoms with E-state index in [-0.39, 0.29) is 5.56 Å². The molecule has 1 aromatic heterocycles. The van der Waals surface area contributed by atoms with Crippen molar-refractivity contribution in [2.75, 3.05) is 7.11 Å². The summed E-state index contributed by atoms with van der Waals surface area (Å²) in [6.45, 7) is 2.99. The predicted molar refractivity (Wildman–Crippen MR) is 107 cm³/mol. The molecule has 2 aromatic carbocycles. The van der Waals surface area contributed by atoms with Gasteiger partial charge in [-0.1, -0.05) is 32.0 Å². The zero-order chi connectivity index (χ0) is 21.4. The Hall–Kier alpha value is -2.12. The Kier molecular flexibility index (Phi) is 5.66. The summed E-state index contributed by atoms with van der Waals surface area (Å²) in [5.41, 5.74) is -4.23. The molecule has 0 saturated carbocycles. The summed E-state index contributed by atoms with van der Waals surface area (Å²) in [6, 6.07) is 12.9. The third-order valence-corrected chi connectivity index (χ3v) is 6.22. The highest BCUT2D eigenvalue weighted by molar-refractivity contribution is 7.19. The van der Waals surface area contributed by atoms with Crippen LogP contribution in [0.4, 0.5) is 17.6 Å². The van der Waals surface area contributed by atoms with Crippen molar-refractivity contribution in [3.05, 3.63) is 64.8 Å². The van der Waals surface area contributed by atoms with Gasteiger partial charge in [-0.3, -0.25) is 0 Å². The molecule has 0 saturated heterocycles. The van der Waals surface area contributed by atoms with Gasteiger partial charge in [-0.2, -0.15) is 13.2 Å². The lowest BCUT2D eigenvalue weighted by Gasteiger charge is -2.38. The Morgan fingerprint density at radius 3 is 2.34 bits per heavy atom. The number of benzene rings is 2. The summed E-state index contributed by atoms with van der Waals surface area (Å²) in [5, 5.41) is 11.6. The average molecular weight is 426 g/mol. The first kappa shape index (κ1) is 21.6. The minimum atomic E-state index is -4.88. The van der Waals surface area contributed by atoms with Crippen LogP contribution in [0.25, 0.3) is 10.1 Å². The van der Waals surface area contributed by atoms with Crippen molar-refractivity contribution in [3.8, 4) is 5.75 Å². The maximum atomic E-state index is 14.4. The van der Waals surface area contributed by atoms with Gasteiger partial charge in [0.25, 0.3) is 0 Å². The van der Waals surface area contributed by atoms with Crippen molar-refractivity contribution in [1.82, 2.24) is 0 Å². The van der Waals surface area contributed by atoms with Crippen LogP contribution in [0.3, 0.4) is 0 Å². The second-order valence-electron chi connectivity index (χ2n) is 7.86. The van der Waals surface area contributed by atoms with Crippen molar-refractivity contribution in [1.29, 1.82) is 0 Å². The number of ether oxygens (including phenoxy) is 1. The van der Waals surface area contributed by atoms with Crippen LogP contribution in [0.15, 0.2) is 48.5 Å². The second kappa shape index (κ2) is 7.61. The predicted octanol–water partition coefficient (Wildman–Crippen LogP) is 6.25. The highest BCUT2D eigenvalue weighted by Gasteiger charge is 2.56. The molecule has 0 bridgehead atoms. The number of hydrogen-bond acceptors (Lipinski definition) is 3. The molecule has 3 rings (SSSR count). The van der Waals surface area contributed by atoms with E-state index in [1.54, 1.807) is 6.07 Å². The average Bonchev–Trinajstić information content (AvgIpc) is 3.02. The topological polar surface area (TPSA) is 29.5 Å². The minimum absolute atomic E-state index is 0.0656. The van der Waals surface area contributed by atoms with Crippen LogP contribution in [0, 0.1) is 5.82 Å². The quantitative estimate of drug-likeness (QED) is 0.472. The second-order valence-corrected chi connectivity index (χ2v) is 9.03. The van der Waals surface area contributed by atoms with Gasteiger partial charge >= 0.3 is 6.18 Å². The van der Waals surface area contributed by atoms with Crippen molar-refractivity contribution < 1.29 is 27.4 Å². The van der Waals surface area contributed by atoms with Crippen LogP contribution in [0.2, 0.25) is 0 Å². The molecule has 1 atom stereocenters. The van der Waals surface area contributed by atoms with Gasteiger partial charge in [0.05, 0.1) is 7.11 Å². The third-order valence-electron chi connectivity index (χ3n) is 5.11. The van der Waals surface area contributed by atoms with E-state index in [9.17, 15) is 22.7 Å². The molecule has 0 aliphatic heterocycles. The number of rotatable bonds is 6. The number of fused-ring (bicyclic) bond motifs is 1. The highest BCUT2D eigenvalue weighted by atomic mass is 32.1. The first-order chi connectivity index (χ1) is 13.4. The van der Waals surface area contributed by atoms with E-state index in [1.165, 1.54) is 44.4 Å². The molecular weight excluding hydrogens is 404 g/mol. The van der Waals surface area contributed by atoms with Crippen molar-refractivity contribution in [3.63, 3.8) is 0 Å². The van der Waals surface area contributed by atoms with E-state index >= 15 is 0 Å². The van der Waals surface area contributed by atoms with Crippen LogP contribution in [-0.2, 0) is 11.8 Å². The van der Waals surface area contributed by atoms with Crippen LogP contribution >= 0.6 is 11.3 Å². The molecule has 3 aromatic rings. The van der Waals surface area contributed by atoms with Crippen LogP contribution < -0.4 is 4.74 Å². The maximum Gasteiger partial charge on any atom is 0.417 e. The van der Waals surface area contributed by atoms with E-state index < -0.39 is 35.9 Å². The largest absolute Gasteiger partial charge is 0.497 e. The molecule has 156 valence electrons. The maximum absolute atomic E-state index is 14.4. The van der Waals surface area contributed by atoms with Crippen molar-refractivity contribution in [2.24, 2.45) is 0 Å². The molecule has 0 aliphatic carbocycles. The van der Waals surface area contributed by atoms with Gasteiger partial charge in [-0.15, -0.1) is 11.3 Å². The number of halogens is 4. The zero-order valence-electron chi connectivity index (χ0n) is 16.3. The number of alkyl halides is 3. The van der Waals surface area contributed by atoms with Gasteiger partial charge in [-0.05, 0) is 53.1 Å². The molecule has 1 N–H and O–H groups in total. The van der Waals surface area contributed by atoms with Gasteiger partial charge in [0, 0.05) is 16.0 Å². The number of thiophene rings is 1. The molecule has 0 radical (unpaired) electrons. The smallest absolute Gasteiger partial charge is 0.417 e. The fourth-order valence-electron chi connectivity index (χ4n) is 3.65. The van der Waals surface area contributed by atoms with Gasteiger partial charge < -0.3 is 9.84 Å². The lowest BCUT2D eigenvalue weighted by Crippen LogP contribution is -2.50. The molecule has 1 unspecified atom stereocenters. The lowest BCUT2D eigenvalue weighted by atomic mass is 9.73. The Morgan fingerprint density at radius 1 is 1.03 bits per heavy atom. The number of aliphatic hydroxyl groups is 1. The van der Waals surface area contributed by atoms with Crippen LogP contribution in [0.1, 0.15) is 30.7 Å². The van der Waals surface area contributed by atoms with E-state index in [0.29, 0.717) is 10.6 Å². The van der Waals surface area contributed by atoms with Crippen LogP contribution in [-0.4, -0.2) is 24.0 Å². The van der Waals surface area contributed by atoms with Crippen LogP contribution in [0.5, 0.6) is 5.75 Å². The zero-order valence-corrected chi connectivity index (χ0v) is 17.1. The first-order valence-electron chi connectivity index (χ1n) is 9.06. The van der Waals surface area contributed by atoms with Gasteiger partial charge in [0.1, 0.15) is 11.6 Å². The Labute approximate surface area is 170 Å². The van der Waals surface area contributed by atoms with E-state index in [0.717, 1.165) is 16.2 Å². The monoisotopic (exact) mass is 426 g/mol. The van der Waals surface area contributed by atoms with E-state index in [4.69, 9.17) is 4.74 Å². The standard InChI is InChI=1S/C22H22F4O2S/c1-20(2,17-11-15(28-3)8-9-18(17)23)13-21(27,22(24,25)26)12-16-10-14-6-4-5-7-19(14)29-16/h4-11,27H,12-13H2,1-3H3. The van der Waals surface area contributed by atoms with Gasteiger partial charge in [0.2, 0.25) is 0 Å². The molecule has 0 amide bonds. The minimum Gasteiger partial charge on any atom is -0.497 e. The summed E-state index contributed by atoms with van der Waals surface area (Å²) < 4.78 is 62.3. The fraction of sp³-hybridized carbons (Fsp3) is 0.364. The molecule has 0 fully saturated rings. The van der Waals surface area contributed by atoms with Crippen molar-refractivity contribution >= 4 is 21.4 Å². The molecule has 0 spiro atoms. The molecular formula is C22H22F4O2S. The Morgan fingerprint density at radius 2 is 1.72 bits per heavy atom. The van der Waals surface area contributed by atoms with E-state index in [2.05, 4.69) is 0 Å². The summed E-state index contributed by atoms with van der Waals surface area (Å²) in [4.78, 5) is 0.424. The first-order valence-corrected chi connectivity index (χ1v) is 9.87. The number of hydrogen-bond donors (Lipinski definition) is 1. The third kappa shape index (κ3) is 4.41.